The third kappa shape index (κ3) is 5.68. The van der Waals surface area contributed by atoms with Crippen molar-refractivity contribution in [3.8, 4) is 5.75 Å². The summed E-state index contributed by atoms with van der Waals surface area (Å²) in [5.41, 5.74) is 0.416. The molecule has 0 saturated carbocycles. The number of carbonyl (C=O) groups is 2. The van der Waals surface area contributed by atoms with E-state index in [9.17, 15) is 9.59 Å². The Hall–Kier alpha value is -2.18. The van der Waals surface area contributed by atoms with Crippen molar-refractivity contribution in [2.24, 2.45) is 0 Å². The van der Waals surface area contributed by atoms with Crippen molar-refractivity contribution < 1.29 is 19.1 Å². The van der Waals surface area contributed by atoms with Gasteiger partial charge >= 0.3 is 5.97 Å². The van der Waals surface area contributed by atoms with Crippen LogP contribution >= 0.6 is 23.4 Å². The molecule has 0 aliphatic rings. The Balaban J connectivity index is 1.94. The number of thioether (sulfide) groups is 1. The lowest BCUT2D eigenvalue weighted by molar-refractivity contribution is -0.152. The first kappa shape index (κ1) is 20.1. The molecule has 0 bridgehead atoms. The second kappa shape index (κ2) is 9.50. The first-order valence-corrected chi connectivity index (χ1v) is 9.23. The Morgan fingerprint density at radius 2 is 1.81 bits per heavy atom. The predicted octanol–water partition coefficient (Wildman–Crippen LogP) is 4.40. The van der Waals surface area contributed by atoms with Crippen molar-refractivity contribution in [1.82, 2.24) is 0 Å². The van der Waals surface area contributed by atoms with Gasteiger partial charge in [0.25, 0.3) is 5.91 Å². The van der Waals surface area contributed by atoms with Gasteiger partial charge in [-0.15, -0.1) is 11.8 Å². The predicted molar refractivity (Wildman–Crippen MR) is 104 cm³/mol. The Bertz CT molecular complexity index is 769. The Morgan fingerprint density at radius 3 is 2.46 bits per heavy atom. The summed E-state index contributed by atoms with van der Waals surface area (Å²) in [5, 5.41) is 2.68. The minimum Gasteiger partial charge on any atom is -0.495 e. The molecule has 0 fully saturated rings. The minimum atomic E-state index is -0.954. The molecule has 2 rings (SSSR count). The average molecular weight is 394 g/mol. The number of rotatable bonds is 7. The molecule has 5 nitrogen and oxygen atoms in total. The number of amides is 1. The van der Waals surface area contributed by atoms with E-state index >= 15 is 0 Å². The van der Waals surface area contributed by atoms with Crippen LogP contribution in [0.3, 0.4) is 0 Å². The quantitative estimate of drug-likeness (QED) is 0.558. The number of nitrogens with one attached hydrogen (secondary N) is 1. The van der Waals surface area contributed by atoms with Crippen LogP contribution in [-0.2, 0) is 14.3 Å². The lowest BCUT2D eigenvalue weighted by Gasteiger charge is -2.17. The van der Waals surface area contributed by atoms with Gasteiger partial charge in [0.15, 0.2) is 6.10 Å². The lowest BCUT2D eigenvalue weighted by Crippen LogP contribution is -2.32. The summed E-state index contributed by atoms with van der Waals surface area (Å²) in [5.74, 6) is -0.454. The molecule has 26 heavy (non-hydrogen) atoms. The molecule has 0 unspecified atom stereocenters. The summed E-state index contributed by atoms with van der Waals surface area (Å²) in [4.78, 5) is 25.5. The smallest absolute Gasteiger partial charge is 0.319 e. The largest absolute Gasteiger partial charge is 0.495 e. The van der Waals surface area contributed by atoms with Crippen LogP contribution in [-0.4, -0.2) is 30.3 Å². The zero-order valence-corrected chi connectivity index (χ0v) is 16.3. The Kier molecular flexibility index (Phi) is 7.36. The Labute approximate surface area is 162 Å². The van der Waals surface area contributed by atoms with Gasteiger partial charge in [-0.05, 0) is 44.2 Å². The van der Waals surface area contributed by atoms with Gasteiger partial charge in [-0.2, -0.15) is 0 Å². The molecule has 0 aliphatic heterocycles. The van der Waals surface area contributed by atoms with E-state index in [4.69, 9.17) is 21.1 Å². The zero-order valence-electron chi connectivity index (χ0n) is 14.7. The zero-order chi connectivity index (χ0) is 19.1. The van der Waals surface area contributed by atoms with E-state index in [-0.39, 0.29) is 0 Å². The number of ether oxygens (including phenoxy) is 2. The van der Waals surface area contributed by atoms with Crippen molar-refractivity contribution in [2.75, 3.05) is 12.4 Å². The molecule has 0 radical (unpaired) electrons. The van der Waals surface area contributed by atoms with Crippen LogP contribution in [0, 0.1) is 0 Å². The topological polar surface area (TPSA) is 64.6 Å². The standard InChI is InChI=1S/C19H20ClNO4S/c1-12(18(22)21-16-11-14(20)9-10-17(16)24-3)25-19(23)13(2)26-15-7-5-4-6-8-15/h4-13H,1-3H3,(H,21,22)/t12-,13+/m1/s1. The molecule has 2 aromatic carbocycles. The van der Waals surface area contributed by atoms with E-state index in [1.165, 1.54) is 25.8 Å². The molecule has 0 aliphatic carbocycles. The van der Waals surface area contributed by atoms with E-state index in [1.54, 1.807) is 25.1 Å². The summed E-state index contributed by atoms with van der Waals surface area (Å²) in [7, 11) is 1.49. The number of halogens is 1. The van der Waals surface area contributed by atoms with Gasteiger partial charge in [0, 0.05) is 9.92 Å². The van der Waals surface area contributed by atoms with Gasteiger partial charge in [0.05, 0.1) is 12.8 Å². The highest BCUT2D eigenvalue weighted by molar-refractivity contribution is 8.00. The maximum absolute atomic E-state index is 12.3. The van der Waals surface area contributed by atoms with Crippen LogP contribution in [0.1, 0.15) is 13.8 Å². The van der Waals surface area contributed by atoms with Crippen molar-refractivity contribution >= 4 is 40.9 Å². The van der Waals surface area contributed by atoms with Crippen LogP contribution in [0.15, 0.2) is 53.4 Å². The molecule has 0 spiro atoms. The molecule has 1 N–H and O–H groups in total. The minimum absolute atomic E-state index is 0.416. The van der Waals surface area contributed by atoms with Gasteiger partial charge in [-0.25, -0.2) is 0 Å². The third-order valence-electron chi connectivity index (χ3n) is 3.47. The van der Waals surface area contributed by atoms with Crippen LogP contribution in [0.2, 0.25) is 5.02 Å². The molecule has 0 saturated heterocycles. The van der Waals surface area contributed by atoms with Crippen molar-refractivity contribution in [3.05, 3.63) is 53.6 Å². The van der Waals surface area contributed by atoms with E-state index in [2.05, 4.69) is 5.32 Å². The van der Waals surface area contributed by atoms with Crippen molar-refractivity contribution in [2.45, 2.75) is 30.1 Å². The molecule has 2 atom stereocenters. The fraction of sp³-hybridized carbons (Fsp3) is 0.263. The van der Waals surface area contributed by atoms with Crippen molar-refractivity contribution in [3.63, 3.8) is 0 Å². The molecule has 0 aromatic heterocycles. The summed E-state index contributed by atoms with van der Waals surface area (Å²) < 4.78 is 10.5. The average Bonchev–Trinajstić information content (AvgIpc) is 2.62. The van der Waals surface area contributed by atoms with Crippen LogP contribution in [0.25, 0.3) is 0 Å². The normalized spacial score (nSPS) is 12.8. The highest BCUT2D eigenvalue weighted by atomic mass is 35.5. The van der Waals surface area contributed by atoms with Crippen LogP contribution in [0.5, 0.6) is 5.75 Å². The maximum atomic E-state index is 12.3. The van der Waals surface area contributed by atoms with Gasteiger partial charge < -0.3 is 14.8 Å². The molecule has 138 valence electrons. The van der Waals surface area contributed by atoms with Crippen molar-refractivity contribution in [1.29, 1.82) is 0 Å². The molecule has 2 aromatic rings. The molecule has 1 amide bonds. The van der Waals surface area contributed by atoms with Gasteiger partial charge in [0.2, 0.25) is 0 Å². The summed E-state index contributed by atoms with van der Waals surface area (Å²) >= 11 is 7.32. The fourth-order valence-corrected chi connectivity index (χ4v) is 3.13. The monoisotopic (exact) mass is 393 g/mol. The SMILES string of the molecule is COc1ccc(Cl)cc1NC(=O)[C@@H](C)OC(=O)[C@H](C)Sc1ccccc1. The number of anilines is 1. The summed E-state index contributed by atoms with van der Waals surface area (Å²) in [6.07, 6.45) is -0.954. The van der Waals surface area contributed by atoms with Crippen LogP contribution < -0.4 is 10.1 Å². The molecular weight excluding hydrogens is 374 g/mol. The van der Waals surface area contributed by atoms with E-state index < -0.39 is 23.2 Å². The molecule has 7 heteroatoms. The van der Waals surface area contributed by atoms with Gasteiger partial charge in [-0.3, -0.25) is 9.59 Å². The maximum Gasteiger partial charge on any atom is 0.319 e. The highest BCUT2D eigenvalue weighted by Gasteiger charge is 2.23. The second-order valence-electron chi connectivity index (χ2n) is 5.49. The first-order valence-electron chi connectivity index (χ1n) is 7.97. The number of esters is 1. The number of methoxy groups -OCH3 is 1. The number of benzene rings is 2. The first-order chi connectivity index (χ1) is 12.4. The van der Waals surface area contributed by atoms with E-state index in [1.807, 2.05) is 30.3 Å². The highest BCUT2D eigenvalue weighted by Crippen LogP contribution is 2.28. The van der Waals surface area contributed by atoms with E-state index in [0.29, 0.717) is 16.5 Å². The Morgan fingerprint density at radius 1 is 1.12 bits per heavy atom. The van der Waals surface area contributed by atoms with Gasteiger partial charge in [-0.1, -0.05) is 29.8 Å². The fourth-order valence-electron chi connectivity index (χ4n) is 2.09. The van der Waals surface area contributed by atoms with E-state index in [0.717, 1.165) is 4.90 Å². The summed E-state index contributed by atoms with van der Waals surface area (Å²) in [6, 6.07) is 14.4. The van der Waals surface area contributed by atoms with Crippen LogP contribution in [0.4, 0.5) is 5.69 Å². The lowest BCUT2D eigenvalue weighted by atomic mass is 10.2. The summed E-state index contributed by atoms with van der Waals surface area (Å²) in [6.45, 7) is 3.26. The second-order valence-corrected chi connectivity index (χ2v) is 7.34. The molecule has 0 heterocycles. The number of hydrogen-bond donors (Lipinski definition) is 1. The number of hydrogen-bond acceptors (Lipinski definition) is 5. The van der Waals surface area contributed by atoms with Gasteiger partial charge in [0.1, 0.15) is 11.0 Å². The molecular formula is C19H20ClNO4S. The number of carbonyl (C=O) groups excluding carboxylic acids is 2. The third-order valence-corrected chi connectivity index (χ3v) is 4.79.